The van der Waals surface area contributed by atoms with Crippen molar-refractivity contribution in [3.63, 3.8) is 0 Å². The number of benzene rings is 2. The molecular formula is C30H35N5O2S. The molecule has 0 radical (unpaired) electrons. The molecule has 2 amide bonds. The van der Waals surface area contributed by atoms with Crippen molar-refractivity contribution in [1.29, 1.82) is 0 Å². The molecule has 3 aliphatic rings. The third-order valence-electron chi connectivity index (χ3n) is 8.20. The van der Waals surface area contributed by atoms with Gasteiger partial charge in [0.15, 0.2) is 0 Å². The number of thioether (sulfide) groups is 1. The van der Waals surface area contributed by atoms with Crippen molar-refractivity contribution in [2.45, 2.75) is 68.2 Å². The Hall–Kier alpha value is -3.26. The number of urea groups is 1. The predicted octanol–water partition coefficient (Wildman–Crippen LogP) is 6.42. The summed E-state index contributed by atoms with van der Waals surface area (Å²) in [6.45, 7) is 3.34. The second-order valence-corrected chi connectivity index (χ2v) is 12.0. The molecular weight excluding hydrogens is 494 g/mol. The summed E-state index contributed by atoms with van der Waals surface area (Å²) >= 11 is 1.82. The Morgan fingerprint density at radius 1 is 1.13 bits per heavy atom. The SMILES string of the molecule is CCSc1ccc(CNC(=O)N2CC3(CCCC3)c3cc(-c4c(O)nc(NC)nc4C4CC4)ccc32)cc1. The number of nitrogens with one attached hydrogen (secondary N) is 2. The summed E-state index contributed by atoms with van der Waals surface area (Å²) in [4.78, 5) is 25.7. The number of aromatic nitrogens is 2. The van der Waals surface area contributed by atoms with E-state index in [9.17, 15) is 9.90 Å². The highest BCUT2D eigenvalue weighted by atomic mass is 32.2. The first kappa shape index (κ1) is 25.0. The maximum atomic E-state index is 13.5. The van der Waals surface area contributed by atoms with Gasteiger partial charge in [-0.3, -0.25) is 4.90 Å². The lowest BCUT2D eigenvalue weighted by Crippen LogP contribution is -2.41. The number of hydrogen-bond acceptors (Lipinski definition) is 6. The molecule has 0 atom stereocenters. The van der Waals surface area contributed by atoms with Gasteiger partial charge < -0.3 is 15.7 Å². The lowest BCUT2D eigenvalue weighted by atomic mass is 9.80. The monoisotopic (exact) mass is 529 g/mol. The molecule has 3 aromatic rings. The molecule has 2 saturated carbocycles. The van der Waals surface area contributed by atoms with Crippen molar-refractivity contribution in [2.24, 2.45) is 0 Å². The lowest BCUT2D eigenvalue weighted by molar-refractivity contribution is 0.245. The lowest BCUT2D eigenvalue weighted by Gasteiger charge is -2.25. The summed E-state index contributed by atoms with van der Waals surface area (Å²) in [5.41, 5.74) is 5.82. The first-order valence-corrected chi connectivity index (χ1v) is 14.7. The summed E-state index contributed by atoms with van der Waals surface area (Å²) in [6, 6.07) is 14.6. The van der Waals surface area contributed by atoms with E-state index in [2.05, 4.69) is 58.9 Å². The maximum Gasteiger partial charge on any atom is 0.322 e. The highest BCUT2D eigenvalue weighted by Gasteiger charge is 2.46. The maximum absolute atomic E-state index is 13.5. The Morgan fingerprint density at radius 2 is 1.89 bits per heavy atom. The molecule has 1 aromatic heterocycles. The number of rotatable bonds is 7. The fraction of sp³-hybridized carbons (Fsp3) is 0.433. The van der Waals surface area contributed by atoms with Crippen molar-refractivity contribution < 1.29 is 9.90 Å². The number of carbonyl (C=O) groups is 1. The molecule has 0 unspecified atom stereocenters. The van der Waals surface area contributed by atoms with Gasteiger partial charge in [-0.15, -0.1) is 11.8 Å². The molecule has 3 N–H and O–H groups in total. The number of aromatic hydroxyl groups is 1. The van der Waals surface area contributed by atoms with E-state index in [-0.39, 0.29) is 17.3 Å². The van der Waals surface area contributed by atoms with Crippen LogP contribution < -0.4 is 15.5 Å². The summed E-state index contributed by atoms with van der Waals surface area (Å²) in [7, 11) is 1.77. The highest BCUT2D eigenvalue weighted by molar-refractivity contribution is 7.99. The number of carbonyl (C=O) groups excluding carboxylic acids is 1. The van der Waals surface area contributed by atoms with Gasteiger partial charge in [0, 0.05) is 42.1 Å². The summed E-state index contributed by atoms with van der Waals surface area (Å²) in [5.74, 6) is 1.87. The quantitative estimate of drug-likeness (QED) is 0.306. The second-order valence-electron chi connectivity index (χ2n) is 10.7. The second kappa shape index (κ2) is 10.1. The molecule has 2 heterocycles. The molecule has 198 valence electrons. The molecule has 2 aromatic carbocycles. The van der Waals surface area contributed by atoms with Gasteiger partial charge in [-0.1, -0.05) is 38.0 Å². The van der Waals surface area contributed by atoms with E-state index in [1.165, 1.54) is 23.3 Å². The minimum atomic E-state index is -0.0574. The van der Waals surface area contributed by atoms with Crippen molar-refractivity contribution in [3.8, 4) is 17.0 Å². The van der Waals surface area contributed by atoms with Crippen LogP contribution in [0.4, 0.5) is 16.4 Å². The Bertz CT molecular complexity index is 1350. The van der Waals surface area contributed by atoms with E-state index in [1.54, 1.807) is 7.05 Å². The third-order valence-corrected chi connectivity index (χ3v) is 9.09. The zero-order valence-corrected chi connectivity index (χ0v) is 22.9. The van der Waals surface area contributed by atoms with E-state index in [4.69, 9.17) is 4.98 Å². The van der Waals surface area contributed by atoms with Crippen molar-refractivity contribution >= 4 is 29.4 Å². The standard InChI is InChI=1S/C30H35N5O2S/c1-3-38-22-11-6-19(7-12-22)17-32-29(37)35-18-30(14-4-5-15-30)23-16-21(10-13-24(23)35)25-26(20-8-9-20)33-28(31-2)34-27(25)36/h6-7,10-13,16,20H,3-5,8-9,14-15,17-18H2,1-2H3,(H,32,37)(H2,31,33,34,36). The normalized spacial score (nSPS) is 17.6. The Morgan fingerprint density at radius 3 is 2.58 bits per heavy atom. The fourth-order valence-corrected chi connectivity index (χ4v) is 6.80. The smallest absolute Gasteiger partial charge is 0.322 e. The molecule has 1 spiro atoms. The van der Waals surface area contributed by atoms with Gasteiger partial charge in [0.2, 0.25) is 11.8 Å². The highest BCUT2D eigenvalue weighted by Crippen LogP contribution is 2.53. The molecule has 38 heavy (non-hydrogen) atoms. The van der Waals surface area contributed by atoms with Crippen LogP contribution in [0.25, 0.3) is 11.1 Å². The molecule has 0 bridgehead atoms. The van der Waals surface area contributed by atoms with Crippen LogP contribution in [0.2, 0.25) is 0 Å². The van der Waals surface area contributed by atoms with Crippen LogP contribution in [0.15, 0.2) is 47.4 Å². The number of fused-ring (bicyclic) bond motifs is 2. The third kappa shape index (κ3) is 4.59. The van der Waals surface area contributed by atoms with E-state index < -0.39 is 0 Å². The van der Waals surface area contributed by atoms with E-state index in [1.807, 2.05) is 22.7 Å². The number of nitrogens with zero attached hydrogens (tertiary/aromatic N) is 3. The van der Waals surface area contributed by atoms with Gasteiger partial charge in [-0.2, -0.15) is 4.98 Å². The van der Waals surface area contributed by atoms with Crippen molar-refractivity contribution in [2.75, 3.05) is 29.6 Å². The zero-order chi connectivity index (χ0) is 26.3. The fourth-order valence-electron chi connectivity index (χ4n) is 6.14. The predicted molar refractivity (Wildman–Crippen MR) is 153 cm³/mol. The zero-order valence-electron chi connectivity index (χ0n) is 22.1. The molecule has 1 aliphatic heterocycles. The van der Waals surface area contributed by atoms with Crippen LogP contribution in [0, 0.1) is 0 Å². The van der Waals surface area contributed by atoms with E-state index in [0.717, 1.165) is 59.5 Å². The van der Waals surface area contributed by atoms with Crippen LogP contribution in [0.1, 0.15) is 68.2 Å². The largest absolute Gasteiger partial charge is 0.493 e. The summed E-state index contributed by atoms with van der Waals surface area (Å²) in [5, 5.41) is 17.1. The average Bonchev–Trinajstić information content (AvgIpc) is 3.60. The van der Waals surface area contributed by atoms with Crippen LogP contribution in [-0.2, 0) is 12.0 Å². The minimum absolute atomic E-state index is 0.0163. The van der Waals surface area contributed by atoms with Crippen molar-refractivity contribution in [3.05, 3.63) is 59.3 Å². The molecule has 0 saturated heterocycles. The van der Waals surface area contributed by atoms with Crippen LogP contribution in [0.3, 0.4) is 0 Å². The average molecular weight is 530 g/mol. The van der Waals surface area contributed by atoms with Crippen LogP contribution in [-0.4, -0.2) is 40.5 Å². The first-order chi connectivity index (χ1) is 18.5. The summed E-state index contributed by atoms with van der Waals surface area (Å²) < 4.78 is 0. The molecule has 6 rings (SSSR count). The Balaban J connectivity index is 1.29. The van der Waals surface area contributed by atoms with E-state index in [0.29, 0.717) is 25.0 Å². The topological polar surface area (TPSA) is 90.4 Å². The van der Waals surface area contributed by atoms with Gasteiger partial charge >= 0.3 is 6.03 Å². The van der Waals surface area contributed by atoms with Crippen molar-refractivity contribution in [1.82, 2.24) is 15.3 Å². The van der Waals surface area contributed by atoms with Gasteiger partial charge in [-0.05, 0) is 72.4 Å². The Kier molecular flexibility index (Phi) is 6.68. The molecule has 8 heteroatoms. The van der Waals surface area contributed by atoms with Gasteiger partial charge in [0.25, 0.3) is 0 Å². The first-order valence-electron chi connectivity index (χ1n) is 13.7. The molecule has 2 aliphatic carbocycles. The molecule has 2 fully saturated rings. The minimum Gasteiger partial charge on any atom is -0.493 e. The van der Waals surface area contributed by atoms with Gasteiger partial charge in [-0.25, -0.2) is 9.78 Å². The number of amides is 2. The van der Waals surface area contributed by atoms with Crippen LogP contribution >= 0.6 is 11.8 Å². The molecule has 7 nitrogen and oxygen atoms in total. The summed E-state index contributed by atoms with van der Waals surface area (Å²) in [6.07, 6.45) is 6.63. The van der Waals surface area contributed by atoms with Gasteiger partial charge in [0.1, 0.15) is 0 Å². The van der Waals surface area contributed by atoms with Gasteiger partial charge in [0.05, 0.1) is 11.3 Å². The number of anilines is 2. The number of hydrogen-bond donors (Lipinski definition) is 3. The Labute approximate surface area is 228 Å². The van der Waals surface area contributed by atoms with Crippen LogP contribution in [0.5, 0.6) is 5.88 Å². The van der Waals surface area contributed by atoms with E-state index >= 15 is 0 Å².